The number of nitrogen functional groups attached to an aromatic ring is 1. The maximum atomic E-state index is 5.78. The summed E-state index contributed by atoms with van der Waals surface area (Å²) >= 11 is 2.14. The third-order valence-corrected chi connectivity index (χ3v) is 3.31. The Labute approximate surface area is 101 Å². The average Bonchev–Trinajstić information content (AvgIpc) is 2.26. The SMILES string of the molecule is Cc1nc(-c2ccncc2)nc(N)c1I. The van der Waals surface area contributed by atoms with Crippen LogP contribution in [0.2, 0.25) is 0 Å². The van der Waals surface area contributed by atoms with Crippen molar-refractivity contribution in [2.75, 3.05) is 5.73 Å². The molecule has 2 aromatic rings. The monoisotopic (exact) mass is 312 g/mol. The second kappa shape index (κ2) is 4.09. The predicted molar refractivity (Wildman–Crippen MR) is 67.1 cm³/mol. The van der Waals surface area contributed by atoms with Gasteiger partial charge >= 0.3 is 0 Å². The number of hydrogen-bond donors (Lipinski definition) is 1. The molecule has 0 unspecified atom stereocenters. The summed E-state index contributed by atoms with van der Waals surface area (Å²) in [4.78, 5) is 12.6. The largest absolute Gasteiger partial charge is 0.383 e. The molecule has 15 heavy (non-hydrogen) atoms. The zero-order chi connectivity index (χ0) is 10.8. The Kier molecular flexibility index (Phi) is 2.81. The predicted octanol–water partition coefficient (Wildman–Crippen LogP) is 2.03. The molecule has 0 fully saturated rings. The first-order chi connectivity index (χ1) is 7.18. The fourth-order valence-corrected chi connectivity index (χ4v) is 1.45. The first-order valence-electron chi connectivity index (χ1n) is 4.38. The smallest absolute Gasteiger partial charge is 0.161 e. The Morgan fingerprint density at radius 2 is 1.87 bits per heavy atom. The van der Waals surface area contributed by atoms with Gasteiger partial charge in [0, 0.05) is 18.0 Å². The van der Waals surface area contributed by atoms with Crippen LogP contribution in [-0.4, -0.2) is 15.0 Å². The number of anilines is 1. The van der Waals surface area contributed by atoms with E-state index in [1.54, 1.807) is 12.4 Å². The quantitative estimate of drug-likeness (QED) is 0.818. The molecular weight excluding hydrogens is 303 g/mol. The molecular formula is C10H9IN4. The number of rotatable bonds is 1. The van der Waals surface area contributed by atoms with Gasteiger partial charge in [0.1, 0.15) is 5.82 Å². The number of aromatic nitrogens is 3. The van der Waals surface area contributed by atoms with Gasteiger partial charge in [-0.15, -0.1) is 0 Å². The Hall–Kier alpha value is -1.24. The summed E-state index contributed by atoms with van der Waals surface area (Å²) < 4.78 is 0.908. The lowest BCUT2D eigenvalue weighted by atomic mass is 10.2. The third kappa shape index (κ3) is 2.06. The van der Waals surface area contributed by atoms with Crippen molar-refractivity contribution in [3.63, 3.8) is 0 Å². The van der Waals surface area contributed by atoms with Crippen LogP contribution in [0.15, 0.2) is 24.5 Å². The van der Waals surface area contributed by atoms with Gasteiger partial charge in [-0.05, 0) is 41.6 Å². The molecule has 76 valence electrons. The second-order valence-corrected chi connectivity index (χ2v) is 4.15. The van der Waals surface area contributed by atoms with Crippen molar-refractivity contribution in [1.29, 1.82) is 0 Å². The van der Waals surface area contributed by atoms with Crippen molar-refractivity contribution in [3.8, 4) is 11.4 Å². The van der Waals surface area contributed by atoms with Crippen LogP contribution in [0.4, 0.5) is 5.82 Å². The molecule has 0 radical (unpaired) electrons. The van der Waals surface area contributed by atoms with Gasteiger partial charge in [0.15, 0.2) is 5.82 Å². The van der Waals surface area contributed by atoms with Gasteiger partial charge < -0.3 is 5.73 Å². The Morgan fingerprint density at radius 1 is 1.20 bits per heavy atom. The molecule has 0 aromatic carbocycles. The van der Waals surface area contributed by atoms with E-state index in [0.717, 1.165) is 14.8 Å². The summed E-state index contributed by atoms with van der Waals surface area (Å²) in [7, 11) is 0. The molecule has 0 saturated carbocycles. The Bertz CT molecular complexity index is 461. The minimum Gasteiger partial charge on any atom is -0.383 e. The maximum absolute atomic E-state index is 5.78. The van der Waals surface area contributed by atoms with Crippen molar-refractivity contribution < 1.29 is 0 Å². The summed E-state index contributed by atoms with van der Waals surface area (Å²) in [5, 5.41) is 0. The van der Waals surface area contributed by atoms with Gasteiger partial charge in [-0.1, -0.05) is 0 Å². The highest BCUT2D eigenvalue weighted by molar-refractivity contribution is 14.1. The van der Waals surface area contributed by atoms with E-state index in [-0.39, 0.29) is 0 Å². The van der Waals surface area contributed by atoms with E-state index in [0.29, 0.717) is 11.6 Å². The molecule has 0 amide bonds. The summed E-state index contributed by atoms with van der Waals surface area (Å²) in [5.74, 6) is 1.17. The van der Waals surface area contributed by atoms with E-state index in [1.165, 1.54) is 0 Å². The van der Waals surface area contributed by atoms with Gasteiger partial charge in [-0.2, -0.15) is 0 Å². The first kappa shape index (κ1) is 10.3. The molecule has 2 aromatic heterocycles. The Balaban J connectivity index is 2.56. The van der Waals surface area contributed by atoms with Gasteiger partial charge in [-0.3, -0.25) is 4.98 Å². The summed E-state index contributed by atoms with van der Waals surface area (Å²) in [6.45, 7) is 1.92. The zero-order valence-corrected chi connectivity index (χ0v) is 10.3. The highest BCUT2D eigenvalue weighted by Gasteiger charge is 2.07. The van der Waals surface area contributed by atoms with Gasteiger partial charge in [0.2, 0.25) is 0 Å². The van der Waals surface area contributed by atoms with Crippen molar-refractivity contribution in [3.05, 3.63) is 33.8 Å². The number of nitrogens with two attached hydrogens (primary N) is 1. The standard InChI is InChI=1S/C10H9IN4/c1-6-8(11)9(12)15-10(14-6)7-2-4-13-5-3-7/h2-5H,1H3,(H2,12,14,15). The molecule has 2 N–H and O–H groups in total. The van der Waals surface area contributed by atoms with Crippen LogP contribution in [0, 0.1) is 10.5 Å². The highest BCUT2D eigenvalue weighted by Crippen LogP contribution is 2.20. The lowest BCUT2D eigenvalue weighted by Crippen LogP contribution is -2.02. The lowest BCUT2D eigenvalue weighted by molar-refractivity contribution is 1.10. The van der Waals surface area contributed by atoms with Crippen LogP contribution in [-0.2, 0) is 0 Å². The van der Waals surface area contributed by atoms with Crippen molar-refractivity contribution in [2.45, 2.75) is 6.92 Å². The van der Waals surface area contributed by atoms with E-state index in [9.17, 15) is 0 Å². The number of hydrogen-bond acceptors (Lipinski definition) is 4. The first-order valence-corrected chi connectivity index (χ1v) is 5.46. The molecule has 0 bridgehead atoms. The molecule has 0 aliphatic heterocycles. The van der Waals surface area contributed by atoms with Crippen LogP contribution in [0.3, 0.4) is 0 Å². The zero-order valence-electron chi connectivity index (χ0n) is 8.11. The molecule has 2 rings (SSSR count). The number of aryl methyl sites for hydroxylation is 1. The van der Waals surface area contributed by atoms with Gasteiger partial charge in [0.25, 0.3) is 0 Å². The fraction of sp³-hybridized carbons (Fsp3) is 0.100. The van der Waals surface area contributed by atoms with Crippen molar-refractivity contribution >= 4 is 28.4 Å². The second-order valence-electron chi connectivity index (χ2n) is 3.07. The summed E-state index contributed by atoms with van der Waals surface area (Å²) in [6.07, 6.45) is 3.42. The van der Waals surface area contributed by atoms with Crippen molar-refractivity contribution in [1.82, 2.24) is 15.0 Å². The topological polar surface area (TPSA) is 64.7 Å². The molecule has 0 aliphatic carbocycles. The molecule has 0 atom stereocenters. The van der Waals surface area contributed by atoms with E-state index < -0.39 is 0 Å². The van der Waals surface area contributed by atoms with E-state index in [4.69, 9.17) is 5.73 Å². The van der Waals surface area contributed by atoms with Gasteiger partial charge in [-0.25, -0.2) is 9.97 Å². The van der Waals surface area contributed by atoms with Crippen LogP contribution in [0.25, 0.3) is 11.4 Å². The average molecular weight is 312 g/mol. The van der Waals surface area contributed by atoms with E-state index >= 15 is 0 Å². The van der Waals surface area contributed by atoms with Crippen molar-refractivity contribution in [2.24, 2.45) is 0 Å². The Morgan fingerprint density at radius 3 is 2.47 bits per heavy atom. The minimum atomic E-state index is 0.523. The van der Waals surface area contributed by atoms with Crippen LogP contribution < -0.4 is 5.73 Å². The minimum absolute atomic E-state index is 0.523. The summed E-state index contributed by atoms with van der Waals surface area (Å²) in [5.41, 5.74) is 7.61. The number of pyridine rings is 1. The summed E-state index contributed by atoms with van der Waals surface area (Å²) in [6, 6.07) is 3.72. The third-order valence-electron chi connectivity index (χ3n) is 1.98. The molecule has 0 aliphatic rings. The molecule has 2 heterocycles. The van der Waals surface area contributed by atoms with Crippen LogP contribution >= 0.6 is 22.6 Å². The van der Waals surface area contributed by atoms with Crippen LogP contribution in [0.5, 0.6) is 0 Å². The molecule has 0 saturated heterocycles. The lowest BCUT2D eigenvalue weighted by Gasteiger charge is -2.05. The molecule has 0 spiro atoms. The van der Waals surface area contributed by atoms with E-state index in [1.807, 2.05) is 19.1 Å². The molecule has 4 nitrogen and oxygen atoms in total. The van der Waals surface area contributed by atoms with E-state index in [2.05, 4.69) is 37.5 Å². The molecule has 5 heteroatoms. The highest BCUT2D eigenvalue weighted by atomic mass is 127. The number of nitrogens with zero attached hydrogens (tertiary/aromatic N) is 3. The van der Waals surface area contributed by atoms with Crippen LogP contribution in [0.1, 0.15) is 5.69 Å². The normalized spacial score (nSPS) is 10.3. The van der Waals surface area contributed by atoms with Gasteiger partial charge in [0.05, 0.1) is 9.26 Å². The maximum Gasteiger partial charge on any atom is 0.161 e. The fourth-order valence-electron chi connectivity index (χ4n) is 1.21. The number of halogens is 1.